The van der Waals surface area contributed by atoms with Crippen LogP contribution >= 0.6 is 0 Å². The van der Waals surface area contributed by atoms with Crippen LogP contribution in [0.5, 0.6) is 0 Å². The van der Waals surface area contributed by atoms with Crippen LogP contribution in [0.2, 0.25) is 0 Å². The van der Waals surface area contributed by atoms with Gasteiger partial charge in [-0.1, -0.05) is 24.3 Å². The lowest BCUT2D eigenvalue weighted by Gasteiger charge is -2.11. The summed E-state index contributed by atoms with van der Waals surface area (Å²) in [5.41, 5.74) is 10.5. The van der Waals surface area contributed by atoms with E-state index >= 15 is 0 Å². The van der Waals surface area contributed by atoms with E-state index in [9.17, 15) is 4.79 Å². The number of rotatable bonds is 4. The van der Waals surface area contributed by atoms with E-state index in [1.165, 1.54) is 11.1 Å². The third-order valence-corrected chi connectivity index (χ3v) is 3.30. The molecule has 0 fully saturated rings. The molecule has 3 heteroatoms. The van der Waals surface area contributed by atoms with Crippen LogP contribution in [0.1, 0.15) is 27.0 Å². The molecule has 2 rings (SSSR count). The number of primary amides is 1. The van der Waals surface area contributed by atoms with Gasteiger partial charge in [-0.25, -0.2) is 0 Å². The Morgan fingerprint density at radius 2 is 1.89 bits per heavy atom. The molecule has 0 aliphatic heterocycles. The summed E-state index contributed by atoms with van der Waals surface area (Å²) in [6, 6.07) is 13.5. The van der Waals surface area contributed by atoms with Gasteiger partial charge in [0, 0.05) is 17.8 Å². The highest BCUT2D eigenvalue weighted by atomic mass is 16.1. The van der Waals surface area contributed by atoms with Gasteiger partial charge in [0.15, 0.2) is 0 Å². The van der Waals surface area contributed by atoms with Gasteiger partial charge >= 0.3 is 0 Å². The first kappa shape index (κ1) is 13.1. The summed E-state index contributed by atoms with van der Waals surface area (Å²) in [4.78, 5) is 11.1. The van der Waals surface area contributed by atoms with Gasteiger partial charge in [0.2, 0.25) is 5.91 Å². The first-order valence-electron chi connectivity index (χ1n) is 6.27. The zero-order valence-electron chi connectivity index (χ0n) is 11.2. The van der Waals surface area contributed by atoms with E-state index in [0.29, 0.717) is 12.1 Å². The van der Waals surface area contributed by atoms with Gasteiger partial charge in [-0.05, 0) is 48.7 Å². The monoisotopic (exact) mass is 254 g/mol. The number of anilines is 1. The molecule has 0 aromatic heterocycles. The van der Waals surface area contributed by atoms with E-state index in [0.717, 1.165) is 11.3 Å². The quantitative estimate of drug-likeness (QED) is 0.881. The lowest BCUT2D eigenvalue weighted by molar-refractivity contribution is 0.1000. The Morgan fingerprint density at radius 1 is 1.16 bits per heavy atom. The summed E-state index contributed by atoms with van der Waals surface area (Å²) in [5.74, 6) is -0.395. The maximum absolute atomic E-state index is 11.1. The lowest BCUT2D eigenvalue weighted by Crippen LogP contribution is -2.11. The zero-order chi connectivity index (χ0) is 13.8. The fourth-order valence-electron chi connectivity index (χ4n) is 1.97. The largest absolute Gasteiger partial charge is 0.381 e. The van der Waals surface area contributed by atoms with E-state index in [2.05, 4.69) is 31.3 Å². The third kappa shape index (κ3) is 3.13. The maximum Gasteiger partial charge on any atom is 0.248 e. The van der Waals surface area contributed by atoms with Crippen molar-refractivity contribution in [2.75, 3.05) is 5.32 Å². The fraction of sp³-hybridized carbons (Fsp3) is 0.188. The van der Waals surface area contributed by atoms with Crippen molar-refractivity contribution in [2.45, 2.75) is 20.4 Å². The smallest absolute Gasteiger partial charge is 0.248 e. The number of benzene rings is 2. The molecule has 0 spiro atoms. The highest BCUT2D eigenvalue weighted by Crippen LogP contribution is 2.19. The lowest BCUT2D eigenvalue weighted by atomic mass is 10.1. The minimum Gasteiger partial charge on any atom is -0.381 e. The van der Waals surface area contributed by atoms with Crippen molar-refractivity contribution < 1.29 is 4.79 Å². The van der Waals surface area contributed by atoms with Crippen molar-refractivity contribution in [1.29, 1.82) is 0 Å². The Kier molecular flexibility index (Phi) is 3.85. The topological polar surface area (TPSA) is 55.1 Å². The highest BCUT2D eigenvalue weighted by Gasteiger charge is 2.03. The highest BCUT2D eigenvalue weighted by molar-refractivity contribution is 5.92. The van der Waals surface area contributed by atoms with Crippen molar-refractivity contribution in [3.05, 3.63) is 64.7 Å². The van der Waals surface area contributed by atoms with Crippen LogP contribution in [-0.4, -0.2) is 5.91 Å². The molecule has 0 unspecified atom stereocenters. The molecule has 0 aliphatic carbocycles. The molecule has 98 valence electrons. The van der Waals surface area contributed by atoms with E-state index in [1.807, 2.05) is 24.3 Å². The van der Waals surface area contributed by atoms with Crippen LogP contribution in [0.4, 0.5) is 5.69 Å². The SMILES string of the molecule is Cc1cccc(NCc2cccc(C(N)=O)c2)c1C. The number of hydrogen-bond donors (Lipinski definition) is 2. The summed E-state index contributed by atoms with van der Waals surface area (Å²) in [5, 5.41) is 3.38. The minimum atomic E-state index is -0.395. The Balaban J connectivity index is 2.12. The molecule has 0 saturated heterocycles. The van der Waals surface area contributed by atoms with Gasteiger partial charge in [-0.15, -0.1) is 0 Å². The van der Waals surface area contributed by atoms with E-state index < -0.39 is 5.91 Å². The molecule has 0 saturated carbocycles. The van der Waals surface area contributed by atoms with Crippen LogP contribution < -0.4 is 11.1 Å². The maximum atomic E-state index is 11.1. The van der Waals surface area contributed by atoms with Crippen molar-refractivity contribution >= 4 is 11.6 Å². The number of nitrogens with one attached hydrogen (secondary N) is 1. The van der Waals surface area contributed by atoms with Crippen LogP contribution in [0, 0.1) is 13.8 Å². The molecule has 19 heavy (non-hydrogen) atoms. The normalized spacial score (nSPS) is 10.2. The second-order valence-electron chi connectivity index (χ2n) is 4.67. The molecule has 2 aromatic rings. The Morgan fingerprint density at radius 3 is 2.63 bits per heavy atom. The van der Waals surface area contributed by atoms with Gasteiger partial charge in [0.1, 0.15) is 0 Å². The van der Waals surface area contributed by atoms with E-state index in [-0.39, 0.29) is 0 Å². The van der Waals surface area contributed by atoms with Crippen molar-refractivity contribution in [1.82, 2.24) is 0 Å². The summed E-state index contributed by atoms with van der Waals surface area (Å²) in [6.45, 7) is 4.86. The Bertz CT molecular complexity index is 605. The molecular formula is C16H18N2O. The number of nitrogens with two attached hydrogens (primary N) is 1. The van der Waals surface area contributed by atoms with E-state index in [4.69, 9.17) is 5.73 Å². The van der Waals surface area contributed by atoms with Gasteiger partial charge in [-0.2, -0.15) is 0 Å². The summed E-state index contributed by atoms with van der Waals surface area (Å²) in [7, 11) is 0. The van der Waals surface area contributed by atoms with E-state index in [1.54, 1.807) is 6.07 Å². The molecule has 3 N–H and O–H groups in total. The first-order valence-corrected chi connectivity index (χ1v) is 6.27. The van der Waals surface area contributed by atoms with Crippen LogP contribution in [-0.2, 0) is 6.54 Å². The summed E-state index contributed by atoms with van der Waals surface area (Å²) >= 11 is 0. The van der Waals surface area contributed by atoms with Gasteiger partial charge < -0.3 is 11.1 Å². The predicted octanol–water partition coefficient (Wildman–Crippen LogP) is 3.01. The Labute approximate surface area is 113 Å². The molecule has 0 radical (unpaired) electrons. The first-order chi connectivity index (χ1) is 9.08. The van der Waals surface area contributed by atoms with Crippen LogP contribution in [0.25, 0.3) is 0 Å². The second kappa shape index (κ2) is 5.57. The standard InChI is InChI=1S/C16H18N2O/c1-11-5-3-8-15(12(11)2)18-10-13-6-4-7-14(9-13)16(17)19/h3-9,18H,10H2,1-2H3,(H2,17,19). The molecular weight excluding hydrogens is 236 g/mol. The number of amides is 1. The van der Waals surface area contributed by atoms with Gasteiger partial charge in [0.05, 0.1) is 0 Å². The third-order valence-electron chi connectivity index (χ3n) is 3.30. The van der Waals surface area contributed by atoms with Gasteiger partial charge in [0.25, 0.3) is 0 Å². The fourth-order valence-corrected chi connectivity index (χ4v) is 1.97. The number of aryl methyl sites for hydroxylation is 1. The molecule has 1 amide bonds. The molecule has 0 bridgehead atoms. The van der Waals surface area contributed by atoms with Crippen molar-refractivity contribution in [3.63, 3.8) is 0 Å². The zero-order valence-corrected chi connectivity index (χ0v) is 11.2. The minimum absolute atomic E-state index is 0.395. The molecule has 3 nitrogen and oxygen atoms in total. The Hall–Kier alpha value is -2.29. The molecule has 0 heterocycles. The van der Waals surface area contributed by atoms with Crippen LogP contribution in [0.3, 0.4) is 0 Å². The summed E-state index contributed by atoms with van der Waals surface area (Å²) in [6.07, 6.45) is 0. The second-order valence-corrected chi connectivity index (χ2v) is 4.67. The number of carbonyl (C=O) groups is 1. The average molecular weight is 254 g/mol. The molecule has 0 aliphatic rings. The van der Waals surface area contributed by atoms with Gasteiger partial charge in [-0.3, -0.25) is 4.79 Å². The summed E-state index contributed by atoms with van der Waals surface area (Å²) < 4.78 is 0. The molecule has 2 aromatic carbocycles. The van der Waals surface area contributed by atoms with Crippen molar-refractivity contribution in [3.8, 4) is 0 Å². The number of carbonyl (C=O) groups excluding carboxylic acids is 1. The average Bonchev–Trinajstić information content (AvgIpc) is 2.41. The predicted molar refractivity (Wildman–Crippen MR) is 78.2 cm³/mol. The van der Waals surface area contributed by atoms with Crippen molar-refractivity contribution in [2.24, 2.45) is 5.73 Å². The molecule has 0 atom stereocenters. The van der Waals surface area contributed by atoms with Crippen LogP contribution in [0.15, 0.2) is 42.5 Å². The number of hydrogen-bond acceptors (Lipinski definition) is 2.